The molecule has 144 valence electrons. The van der Waals surface area contributed by atoms with Crippen LogP contribution in [0, 0.1) is 6.92 Å². The lowest BCUT2D eigenvalue weighted by Gasteiger charge is -2.17. The first-order chi connectivity index (χ1) is 13.5. The number of ether oxygens (including phenoxy) is 2. The van der Waals surface area contributed by atoms with Crippen molar-refractivity contribution in [3.63, 3.8) is 0 Å². The van der Waals surface area contributed by atoms with E-state index < -0.39 is 5.97 Å². The lowest BCUT2D eigenvalue weighted by atomic mass is 10.1. The number of para-hydroxylation sites is 1. The molecule has 0 spiro atoms. The van der Waals surface area contributed by atoms with E-state index in [2.05, 4.69) is 4.98 Å². The highest BCUT2D eigenvalue weighted by Gasteiger charge is 2.18. The molecule has 0 N–H and O–H groups in total. The van der Waals surface area contributed by atoms with Crippen molar-refractivity contribution in [2.75, 3.05) is 12.0 Å². The van der Waals surface area contributed by atoms with E-state index in [1.807, 2.05) is 37.3 Å². The summed E-state index contributed by atoms with van der Waals surface area (Å²) < 4.78 is 10.6. The lowest BCUT2D eigenvalue weighted by Crippen LogP contribution is -2.22. The fourth-order valence-electron chi connectivity index (χ4n) is 2.64. The molecule has 0 saturated carbocycles. The van der Waals surface area contributed by atoms with Crippen molar-refractivity contribution in [3.05, 3.63) is 70.7 Å². The van der Waals surface area contributed by atoms with Gasteiger partial charge in [0.15, 0.2) is 5.13 Å². The third-order valence-electron chi connectivity index (χ3n) is 4.06. The lowest BCUT2D eigenvalue weighted by molar-refractivity contribution is -0.115. The van der Waals surface area contributed by atoms with Gasteiger partial charge in [0.25, 0.3) is 0 Å². The first kappa shape index (κ1) is 19.6. The van der Waals surface area contributed by atoms with E-state index in [9.17, 15) is 9.59 Å². The first-order valence-electron chi connectivity index (χ1n) is 8.61. The Bertz CT molecular complexity index is 985. The SMILES string of the molecule is COc1cc(C(=O)OCc2csc(N(C(C)=O)c3ccccc3)n2)ccc1C. The number of nitrogens with zero attached hydrogens (tertiary/aromatic N) is 2. The molecule has 1 heterocycles. The van der Waals surface area contributed by atoms with Gasteiger partial charge in [-0.2, -0.15) is 0 Å². The van der Waals surface area contributed by atoms with E-state index in [4.69, 9.17) is 9.47 Å². The van der Waals surface area contributed by atoms with Gasteiger partial charge in [-0.3, -0.25) is 9.69 Å². The molecule has 0 atom stereocenters. The second-order valence-corrected chi connectivity index (χ2v) is 6.91. The summed E-state index contributed by atoms with van der Waals surface area (Å²) in [6.45, 7) is 3.41. The van der Waals surface area contributed by atoms with E-state index in [0.717, 1.165) is 11.3 Å². The average Bonchev–Trinajstić information content (AvgIpc) is 3.15. The summed E-state index contributed by atoms with van der Waals surface area (Å²) in [6, 6.07) is 14.4. The van der Waals surface area contributed by atoms with Crippen molar-refractivity contribution in [2.45, 2.75) is 20.5 Å². The monoisotopic (exact) mass is 396 g/mol. The summed E-state index contributed by atoms with van der Waals surface area (Å²) in [6.07, 6.45) is 0. The van der Waals surface area contributed by atoms with E-state index in [1.54, 1.807) is 30.7 Å². The minimum atomic E-state index is -0.459. The van der Waals surface area contributed by atoms with Crippen LogP contribution in [-0.2, 0) is 16.1 Å². The average molecular weight is 396 g/mol. The van der Waals surface area contributed by atoms with E-state index in [0.29, 0.717) is 22.1 Å². The standard InChI is InChI=1S/C21H20N2O4S/c1-14-9-10-16(11-19(14)26-3)20(25)27-12-17-13-28-21(22-17)23(15(2)24)18-7-5-4-6-8-18/h4-11,13H,12H2,1-3H3. The molecule has 0 aliphatic carbocycles. The maximum atomic E-state index is 12.3. The Hall–Kier alpha value is -3.19. The van der Waals surface area contributed by atoms with Gasteiger partial charge < -0.3 is 9.47 Å². The van der Waals surface area contributed by atoms with Crippen molar-refractivity contribution in [1.82, 2.24) is 4.98 Å². The number of carbonyl (C=O) groups excluding carboxylic acids is 2. The fourth-order valence-corrected chi connectivity index (χ4v) is 3.51. The van der Waals surface area contributed by atoms with Gasteiger partial charge in [0.1, 0.15) is 12.4 Å². The van der Waals surface area contributed by atoms with Crippen LogP contribution in [0.3, 0.4) is 0 Å². The van der Waals surface area contributed by atoms with Gasteiger partial charge >= 0.3 is 5.97 Å². The van der Waals surface area contributed by atoms with Crippen molar-refractivity contribution < 1.29 is 19.1 Å². The van der Waals surface area contributed by atoms with E-state index in [1.165, 1.54) is 23.2 Å². The summed E-state index contributed by atoms with van der Waals surface area (Å²) in [7, 11) is 1.56. The number of methoxy groups -OCH3 is 1. The highest BCUT2D eigenvalue weighted by molar-refractivity contribution is 7.14. The molecule has 7 heteroatoms. The van der Waals surface area contributed by atoms with Crippen LogP contribution in [-0.4, -0.2) is 24.0 Å². The molecule has 0 aliphatic heterocycles. The Kier molecular flexibility index (Phi) is 6.06. The Morgan fingerprint density at radius 3 is 2.57 bits per heavy atom. The number of carbonyl (C=O) groups is 2. The van der Waals surface area contributed by atoms with Gasteiger partial charge in [0.05, 0.1) is 24.1 Å². The Labute approximate surface area is 167 Å². The Morgan fingerprint density at radius 1 is 1.14 bits per heavy atom. The number of hydrogen-bond acceptors (Lipinski definition) is 6. The van der Waals surface area contributed by atoms with Crippen molar-refractivity contribution in [2.24, 2.45) is 0 Å². The first-order valence-corrected chi connectivity index (χ1v) is 9.49. The topological polar surface area (TPSA) is 68.7 Å². The molecule has 28 heavy (non-hydrogen) atoms. The molecule has 3 aromatic rings. The summed E-state index contributed by atoms with van der Waals surface area (Å²) in [5.74, 6) is 0.0283. The maximum absolute atomic E-state index is 12.3. The molecule has 2 aromatic carbocycles. The smallest absolute Gasteiger partial charge is 0.338 e. The van der Waals surface area contributed by atoms with E-state index in [-0.39, 0.29) is 12.5 Å². The predicted molar refractivity (Wildman–Crippen MR) is 108 cm³/mol. The quantitative estimate of drug-likeness (QED) is 0.574. The van der Waals surface area contributed by atoms with Gasteiger partial charge in [-0.1, -0.05) is 24.3 Å². The normalized spacial score (nSPS) is 10.4. The molecule has 0 unspecified atom stereocenters. The molecular weight excluding hydrogens is 376 g/mol. The van der Waals surface area contributed by atoms with Gasteiger partial charge in [0, 0.05) is 12.3 Å². The Balaban J connectivity index is 1.70. The summed E-state index contributed by atoms with van der Waals surface area (Å²) in [5, 5.41) is 2.30. The van der Waals surface area contributed by atoms with Crippen LogP contribution >= 0.6 is 11.3 Å². The van der Waals surface area contributed by atoms with Crippen LogP contribution in [0.5, 0.6) is 5.75 Å². The zero-order valence-corrected chi connectivity index (χ0v) is 16.7. The zero-order chi connectivity index (χ0) is 20.1. The van der Waals surface area contributed by atoms with Crippen LogP contribution in [0.1, 0.15) is 28.5 Å². The summed E-state index contributed by atoms with van der Waals surface area (Å²) in [5.41, 5.74) is 2.66. The van der Waals surface area contributed by atoms with Gasteiger partial charge in [-0.25, -0.2) is 9.78 Å². The molecule has 1 aromatic heterocycles. The second-order valence-electron chi connectivity index (χ2n) is 6.07. The predicted octanol–water partition coefficient (Wildman–Crippen LogP) is 4.50. The molecule has 0 radical (unpaired) electrons. The molecule has 1 amide bonds. The van der Waals surface area contributed by atoms with Gasteiger partial charge in [-0.15, -0.1) is 11.3 Å². The molecular formula is C21H20N2O4S. The van der Waals surface area contributed by atoms with Crippen LogP contribution in [0.25, 0.3) is 0 Å². The zero-order valence-electron chi connectivity index (χ0n) is 15.8. The number of anilines is 2. The van der Waals surface area contributed by atoms with Gasteiger partial charge in [0.2, 0.25) is 5.91 Å². The minimum Gasteiger partial charge on any atom is -0.496 e. The third kappa shape index (κ3) is 4.37. The number of thiazole rings is 1. The molecule has 6 nitrogen and oxygen atoms in total. The van der Waals surface area contributed by atoms with Crippen LogP contribution < -0.4 is 9.64 Å². The van der Waals surface area contributed by atoms with Crippen LogP contribution in [0.15, 0.2) is 53.9 Å². The maximum Gasteiger partial charge on any atom is 0.338 e. The summed E-state index contributed by atoms with van der Waals surface area (Å²) in [4.78, 5) is 30.4. The molecule has 0 fully saturated rings. The summed E-state index contributed by atoms with van der Waals surface area (Å²) >= 11 is 1.32. The molecule has 0 bridgehead atoms. The van der Waals surface area contributed by atoms with Crippen molar-refractivity contribution in [1.29, 1.82) is 0 Å². The van der Waals surface area contributed by atoms with Gasteiger partial charge in [-0.05, 0) is 36.8 Å². The number of aryl methyl sites for hydroxylation is 1. The fraction of sp³-hybridized carbons (Fsp3) is 0.190. The highest BCUT2D eigenvalue weighted by atomic mass is 32.1. The Morgan fingerprint density at radius 2 is 1.89 bits per heavy atom. The van der Waals surface area contributed by atoms with E-state index >= 15 is 0 Å². The number of amides is 1. The number of hydrogen-bond donors (Lipinski definition) is 0. The number of rotatable bonds is 6. The largest absolute Gasteiger partial charge is 0.496 e. The molecule has 3 rings (SSSR count). The molecule has 0 aliphatic rings. The highest BCUT2D eigenvalue weighted by Crippen LogP contribution is 2.29. The molecule has 0 saturated heterocycles. The van der Waals surface area contributed by atoms with Crippen LogP contribution in [0.2, 0.25) is 0 Å². The van der Waals surface area contributed by atoms with Crippen molar-refractivity contribution in [3.8, 4) is 5.75 Å². The van der Waals surface area contributed by atoms with Crippen molar-refractivity contribution >= 4 is 34.0 Å². The number of esters is 1. The third-order valence-corrected chi connectivity index (χ3v) is 4.93. The second kappa shape index (κ2) is 8.67. The number of aromatic nitrogens is 1. The number of benzene rings is 2. The minimum absolute atomic E-state index is 0.0199. The van der Waals surface area contributed by atoms with Crippen LogP contribution in [0.4, 0.5) is 10.8 Å².